The van der Waals surface area contributed by atoms with Crippen LogP contribution in [0.4, 0.5) is 0 Å². The number of hydrogen-bond acceptors (Lipinski definition) is 4. The average molecular weight is 342 g/mol. The number of aromatic nitrogens is 4. The Morgan fingerprint density at radius 2 is 2.08 bits per heavy atom. The summed E-state index contributed by atoms with van der Waals surface area (Å²) in [5.41, 5.74) is 4.31. The monoisotopic (exact) mass is 342 g/mol. The van der Waals surface area contributed by atoms with Gasteiger partial charge in [0.15, 0.2) is 0 Å². The molecule has 0 atom stereocenters. The number of nitrogens with one attached hydrogen (secondary N) is 1. The summed E-state index contributed by atoms with van der Waals surface area (Å²) < 4.78 is 2.12. The van der Waals surface area contributed by atoms with E-state index >= 15 is 0 Å². The van der Waals surface area contributed by atoms with Crippen LogP contribution >= 0.6 is 0 Å². The summed E-state index contributed by atoms with van der Waals surface area (Å²) in [5, 5.41) is 4.93. The molecule has 0 radical (unpaired) electrons. The zero-order valence-corrected chi connectivity index (χ0v) is 15.0. The lowest BCUT2D eigenvalue weighted by Gasteiger charge is -2.28. The van der Waals surface area contributed by atoms with Crippen molar-refractivity contribution >= 4 is 5.91 Å². The Kier molecular flexibility index (Phi) is 4.33. The number of carbonyl (C=O) groups excluding carboxylic acids is 1. The van der Waals surface area contributed by atoms with E-state index in [2.05, 4.69) is 33.4 Å². The van der Waals surface area contributed by atoms with E-state index in [0.29, 0.717) is 18.3 Å². The quantitative estimate of drug-likeness (QED) is 0.922. The molecule has 2 aliphatic rings. The number of carbonyl (C=O) groups is 1. The van der Waals surface area contributed by atoms with E-state index in [1.807, 2.05) is 4.90 Å². The molecule has 25 heavy (non-hydrogen) atoms. The first-order chi connectivity index (χ1) is 12.1. The van der Waals surface area contributed by atoms with Gasteiger partial charge in [-0.2, -0.15) is 5.10 Å². The van der Waals surface area contributed by atoms with Crippen LogP contribution in [0.3, 0.4) is 0 Å². The van der Waals surface area contributed by atoms with Gasteiger partial charge in [0.05, 0.1) is 30.5 Å². The van der Waals surface area contributed by atoms with Gasteiger partial charge in [0, 0.05) is 24.7 Å². The van der Waals surface area contributed by atoms with Crippen molar-refractivity contribution in [1.29, 1.82) is 0 Å². The van der Waals surface area contributed by atoms with Crippen LogP contribution in [0.2, 0.25) is 0 Å². The molecule has 0 aliphatic carbocycles. The summed E-state index contributed by atoms with van der Waals surface area (Å²) in [6, 6.07) is 0.295. The molecule has 2 aliphatic heterocycles. The van der Waals surface area contributed by atoms with Crippen LogP contribution < -0.4 is 0 Å². The highest BCUT2D eigenvalue weighted by Gasteiger charge is 2.29. The molecular weight excluding hydrogens is 316 g/mol. The first kappa shape index (κ1) is 16.3. The second kappa shape index (κ2) is 6.63. The third kappa shape index (κ3) is 3.08. The molecule has 0 bridgehead atoms. The van der Waals surface area contributed by atoms with Gasteiger partial charge >= 0.3 is 0 Å². The molecule has 4 rings (SSSR count). The zero-order valence-electron chi connectivity index (χ0n) is 15.0. The van der Waals surface area contributed by atoms with Gasteiger partial charge in [0.25, 0.3) is 5.91 Å². The summed E-state index contributed by atoms with van der Waals surface area (Å²) in [6.07, 6.45) is 6.61. The highest BCUT2D eigenvalue weighted by molar-refractivity contribution is 5.92. The maximum absolute atomic E-state index is 12.7. The number of hydrogen-bond donors (Lipinski definition) is 1. The number of fused-ring (bicyclic) bond motifs is 1. The van der Waals surface area contributed by atoms with E-state index in [9.17, 15) is 4.79 Å². The highest BCUT2D eigenvalue weighted by atomic mass is 16.2. The topological polar surface area (TPSA) is 70.1 Å². The predicted octanol–water partition coefficient (Wildman–Crippen LogP) is 1.98. The first-order valence-electron chi connectivity index (χ1n) is 9.22. The predicted molar refractivity (Wildman–Crippen MR) is 94.2 cm³/mol. The SMILES string of the molecule is CC(C)n1nc(CN2CCCC2)c2c1CN(C(=O)c1cnc[nH]1)CC2. The van der Waals surface area contributed by atoms with Crippen LogP contribution in [0.25, 0.3) is 0 Å². The fraction of sp³-hybridized carbons (Fsp3) is 0.611. The number of aromatic amines is 1. The summed E-state index contributed by atoms with van der Waals surface area (Å²) in [4.78, 5) is 23.9. The Morgan fingerprint density at radius 1 is 1.28 bits per heavy atom. The van der Waals surface area contributed by atoms with E-state index < -0.39 is 0 Å². The summed E-state index contributed by atoms with van der Waals surface area (Å²) in [6.45, 7) is 8.96. The van der Waals surface area contributed by atoms with Gasteiger partial charge in [0.1, 0.15) is 5.69 Å². The van der Waals surface area contributed by atoms with Crippen molar-refractivity contribution < 1.29 is 4.79 Å². The van der Waals surface area contributed by atoms with Crippen molar-refractivity contribution in [3.8, 4) is 0 Å². The maximum Gasteiger partial charge on any atom is 0.272 e. The Balaban J connectivity index is 1.59. The Hall–Kier alpha value is -2.15. The second-order valence-corrected chi connectivity index (χ2v) is 7.34. The minimum Gasteiger partial charge on any atom is -0.341 e. The lowest BCUT2D eigenvalue weighted by molar-refractivity contribution is 0.0723. The van der Waals surface area contributed by atoms with Crippen molar-refractivity contribution in [3.05, 3.63) is 35.2 Å². The molecule has 1 saturated heterocycles. The van der Waals surface area contributed by atoms with E-state index in [0.717, 1.165) is 19.5 Å². The van der Waals surface area contributed by atoms with Crippen LogP contribution in [0, 0.1) is 0 Å². The van der Waals surface area contributed by atoms with Crippen molar-refractivity contribution in [2.75, 3.05) is 19.6 Å². The summed E-state index contributed by atoms with van der Waals surface area (Å²) in [5.74, 6) is 0.0146. The van der Waals surface area contributed by atoms with E-state index in [1.54, 1.807) is 12.5 Å². The summed E-state index contributed by atoms with van der Waals surface area (Å²) >= 11 is 0. The molecule has 1 N–H and O–H groups in total. The van der Waals surface area contributed by atoms with Crippen LogP contribution in [0.1, 0.15) is 60.2 Å². The van der Waals surface area contributed by atoms with E-state index in [4.69, 9.17) is 5.10 Å². The molecule has 0 aromatic carbocycles. The van der Waals surface area contributed by atoms with Gasteiger partial charge in [-0.15, -0.1) is 0 Å². The number of H-pyrrole nitrogens is 1. The Bertz CT molecular complexity index is 742. The number of amides is 1. The van der Waals surface area contributed by atoms with Gasteiger partial charge in [-0.3, -0.25) is 14.4 Å². The van der Waals surface area contributed by atoms with Crippen LogP contribution in [-0.4, -0.2) is 55.1 Å². The van der Waals surface area contributed by atoms with Gasteiger partial charge in [-0.05, 0) is 46.2 Å². The fourth-order valence-corrected chi connectivity index (χ4v) is 3.94. The largest absolute Gasteiger partial charge is 0.341 e. The second-order valence-electron chi connectivity index (χ2n) is 7.34. The normalized spacial score (nSPS) is 18.1. The molecule has 0 unspecified atom stereocenters. The molecule has 7 nitrogen and oxygen atoms in total. The standard InChI is InChI=1S/C18H26N6O/c1-13(2)24-17-11-23(18(25)15-9-19-12-20-15)8-5-14(17)16(21-24)10-22-6-3-4-7-22/h9,12-13H,3-8,10-11H2,1-2H3,(H,19,20). The zero-order chi connectivity index (χ0) is 17.4. The van der Waals surface area contributed by atoms with Crippen molar-refractivity contribution in [1.82, 2.24) is 29.5 Å². The molecular formula is C18H26N6O. The molecule has 134 valence electrons. The van der Waals surface area contributed by atoms with Crippen molar-refractivity contribution in [3.63, 3.8) is 0 Å². The lowest BCUT2D eigenvalue weighted by atomic mass is 10.0. The molecule has 0 spiro atoms. The molecule has 4 heterocycles. The average Bonchev–Trinajstić information content (AvgIpc) is 3.35. The molecule has 2 aromatic heterocycles. The van der Waals surface area contributed by atoms with E-state index in [1.165, 1.54) is 42.9 Å². The molecule has 7 heteroatoms. The van der Waals surface area contributed by atoms with E-state index in [-0.39, 0.29) is 5.91 Å². The van der Waals surface area contributed by atoms with Crippen molar-refractivity contribution in [2.45, 2.75) is 52.2 Å². The van der Waals surface area contributed by atoms with Crippen molar-refractivity contribution in [2.24, 2.45) is 0 Å². The number of likely N-dealkylation sites (tertiary alicyclic amines) is 1. The van der Waals surface area contributed by atoms with Crippen LogP contribution in [0.5, 0.6) is 0 Å². The minimum atomic E-state index is 0.0146. The molecule has 0 saturated carbocycles. The van der Waals surface area contributed by atoms with Gasteiger partial charge in [-0.25, -0.2) is 4.98 Å². The smallest absolute Gasteiger partial charge is 0.272 e. The van der Waals surface area contributed by atoms with Crippen LogP contribution in [0.15, 0.2) is 12.5 Å². The number of imidazole rings is 1. The summed E-state index contributed by atoms with van der Waals surface area (Å²) in [7, 11) is 0. The first-order valence-corrected chi connectivity index (χ1v) is 9.22. The Morgan fingerprint density at radius 3 is 2.76 bits per heavy atom. The Labute approximate surface area is 148 Å². The van der Waals surface area contributed by atoms with Gasteiger partial charge < -0.3 is 9.88 Å². The third-order valence-electron chi connectivity index (χ3n) is 5.25. The van der Waals surface area contributed by atoms with Crippen LogP contribution in [-0.2, 0) is 19.5 Å². The van der Waals surface area contributed by atoms with Gasteiger partial charge in [0.2, 0.25) is 0 Å². The fourth-order valence-electron chi connectivity index (χ4n) is 3.94. The number of nitrogens with zero attached hydrogens (tertiary/aromatic N) is 5. The van der Waals surface area contributed by atoms with Gasteiger partial charge in [-0.1, -0.05) is 0 Å². The molecule has 1 amide bonds. The highest BCUT2D eigenvalue weighted by Crippen LogP contribution is 2.27. The minimum absolute atomic E-state index is 0.0146. The lowest BCUT2D eigenvalue weighted by Crippen LogP contribution is -2.37. The third-order valence-corrected chi connectivity index (χ3v) is 5.25. The maximum atomic E-state index is 12.7. The number of rotatable bonds is 4. The molecule has 2 aromatic rings. The molecule has 1 fully saturated rings.